The van der Waals surface area contributed by atoms with Gasteiger partial charge < -0.3 is 20.1 Å². The topological polar surface area (TPSA) is 131 Å². The van der Waals surface area contributed by atoms with Crippen molar-refractivity contribution in [3.05, 3.63) is 72.9 Å². The summed E-state index contributed by atoms with van der Waals surface area (Å²) in [4.78, 5) is 33.8. The summed E-state index contributed by atoms with van der Waals surface area (Å²) in [7, 11) is -4.43. The van der Waals surface area contributed by atoms with E-state index in [2.05, 4.69) is 92.1 Å². The molecule has 0 aromatic heterocycles. The lowest BCUT2D eigenvalue weighted by molar-refractivity contribution is -0.147. The number of phosphoric ester groups is 1. The van der Waals surface area contributed by atoms with Crippen molar-refractivity contribution in [1.82, 2.24) is 5.32 Å². The van der Waals surface area contributed by atoms with Gasteiger partial charge in [-0.25, -0.2) is 4.57 Å². The third-order valence-corrected chi connectivity index (χ3v) is 9.35. The number of allylic oxidation sites excluding steroid dienone is 12. The molecule has 0 aliphatic rings. The van der Waals surface area contributed by atoms with Crippen LogP contribution in [0.25, 0.3) is 0 Å². The highest BCUT2D eigenvalue weighted by molar-refractivity contribution is 7.47. The van der Waals surface area contributed by atoms with Gasteiger partial charge >= 0.3 is 13.8 Å². The number of amides is 1. The molecule has 9 nitrogen and oxygen atoms in total. The van der Waals surface area contributed by atoms with Crippen LogP contribution in [0.5, 0.6) is 0 Å². The van der Waals surface area contributed by atoms with Crippen molar-refractivity contribution < 1.29 is 37.9 Å². The second-order valence-electron chi connectivity index (χ2n) is 13.6. The number of carbonyl (C=O) groups excluding carboxylic acids is 2. The molecule has 0 bridgehead atoms. The number of hydrogen-bond donors (Lipinski definition) is 3. The zero-order chi connectivity index (χ0) is 39.6. The zero-order valence-corrected chi connectivity index (χ0v) is 34.8. The van der Waals surface area contributed by atoms with E-state index in [0.717, 1.165) is 109 Å². The third kappa shape index (κ3) is 40.6. The molecular formula is C44H76NO8P. The Morgan fingerprint density at radius 3 is 1.61 bits per heavy atom. The highest BCUT2D eigenvalue weighted by Gasteiger charge is 2.23. The van der Waals surface area contributed by atoms with Crippen LogP contribution in [-0.4, -0.2) is 54.3 Å². The number of nitrogens with one attached hydrogen (secondary N) is 1. The van der Waals surface area contributed by atoms with Gasteiger partial charge in [0.05, 0.1) is 13.2 Å². The van der Waals surface area contributed by atoms with Crippen molar-refractivity contribution >= 4 is 19.7 Å². The third-order valence-electron chi connectivity index (χ3n) is 8.37. The van der Waals surface area contributed by atoms with Gasteiger partial charge in [-0.3, -0.25) is 18.6 Å². The van der Waals surface area contributed by atoms with Gasteiger partial charge in [0, 0.05) is 19.4 Å². The van der Waals surface area contributed by atoms with E-state index in [1.54, 1.807) is 0 Å². The predicted molar refractivity (Wildman–Crippen MR) is 224 cm³/mol. The molecule has 0 aromatic carbocycles. The fraction of sp³-hybridized carbons (Fsp3) is 0.682. The number of esters is 1. The number of unbranched alkanes of at least 4 members (excludes halogenated alkanes) is 13. The molecule has 0 rings (SSSR count). The van der Waals surface area contributed by atoms with Crippen LogP contribution in [0.3, 0.4) is 0 Å². The van der Waals surface area contributed by atoms with Crippen LogP contribution >= 0.6 is 7.82 Å². The van der Waals surface area contributed by atoms with Gasteiger partial charge in [0.1, 0.15) is 12.7 Å². The number of carbonyl (C=O) groups is 2. The Labute approximate surface area is 329 Å². The predicted octanol–water partition coefficient (Wildman–Crippen LogP) is 11.5. The van der Waals surface area contributed by atoms with Crippen molar-refractivity contribution in [2.75, 3.05) is 26.4 Å². The van der Waals surface area contributed by atoms with Crippen LogP contribution in [0.4, 0.5) is 0 Å². The van der Waals surface area contributed by atoms with Crippen molar-refractivity contribution in [3.8, 4) is 0 Å². The smallest absolute Gasteiger partial charge is 0.463 e. The van der Waals surface area contributed by atoms with Crippen LogP contribution in [0, 0.1) is 0 Å². The maximum Gasteiger partial charge on any atom is 0.472 e. The first-order valence-corrected chi connectivity index (χ1v) is 22.4. The van der Waals surface area contributed by atoms with Crippen LogP contribution in [0.2, 0.25) is 0 Å². The SMILES string of the molecule is CC/C=C\C/C=C\C/C=C\C/C=C\C/C=C\CCCCCCCC(=O)NCCOP(=O)(O)OCC(O)COC(=O)CCCCCCC/C=C\CCCCC. The average molecular weight is 778 g/mol. The monoisotopic (exact) mass is 778 g/mol. The van der Waals surface area contributed by atoms with Crippen molar-refractivity contribution in [2.45, 2.75) is 168 Å². The van der Waals surface area contributed by atoms with Gasteiger partial charge in [-0.15, -0.1) is 0 Å². The fourth-order valence-corrected chi connectivity index (χ4v) is 5.98. The maximum absolute atomic E-state index is 12.1. The number of aliphatic hydroxyl groups excluding tert-OH is 1. The van der Waals surface area contributed by atoms with E-state index < -0.39 is 26.5 Å². The summed E-state index contributed by atoms with van der Waals surface area (Å²) in [6.45, 7) is 3.36. The van der Waals surface area contributed by atoms with Crippen LogP contribution in [-0.2, 0) is 27.9 Å². The summed E-state index contributed by atoms with van der Waals surface area (Å²) in [5, 5.41) is 12.7. The first-order chi connectivity index (χ1) is 26.3. The van der Waals surface area contributed by atoms with E-state index in [-0.39, 0.29) is 32.1 Å². The first-order valence-electron chi connectivity index (χ1n) is 20.9. The molecule has 1 amide bonds. The van der Waals surface area contributed by atoms with Gasteiger partial charge in [-0.1, -0.05) is 138 Å². The molecule has 310 valence electrons. The molecule has 10 heteroatoms. The molecule has 2 unspecified atom stereocenters. The van der Waals surface area contributed by atoms with E-state index in [9.17, 15) is 24.2 Å². The summed E-state index contributed by atoms with van der Waals surface area (Å²) >= 11 is 0. The minimum absolute atomic E-state index is 0.0658. The largest absolute Gasteiger partial charge is 0.472 e. The first kappa shape index (κ1) is 51.5. The molecule has 0 radical (unpaired) electrons. The average Bonchev–Trinajstić information content (AvgIpc) is 3.16. The lowest BCUT2D eigenvalue weighted by atomic mass is 10.1. The molecule has 54 heavy (non-hydrogen) atoms. The lowest BCUT2D eigenvalue weighted by Crippen LogP contribution is -2.27. The van der Waals surface area contributed by atoms with Gasteiger partial charge in [0.25, 0.3) is 0 Å². The molecule has 0 heterocycles. The summed E-state index contributed by atoms with van der Waals surface area (Å²) in [6.07, 6.45) is 48.3. The lowest BCUT2D eigenvalue weighted by Gasteiger charge is -2.15. The molecule has 2 atom stereocenters. The fourth-order valence-electron chi connectivity index (χ4n) is 5.22. The second-order valence-corrected chi connectivity index (χ2v) is 15.0. The molecule has 0 saturated heterocycles. The summed E-state index contributed by atoms with van der Waals surface area (Å²) in [6, 6.07) is 0. The van der Waals surface area contributed by atoms with Gasteiger partial charge in [-0.05, 0) is 83.5 Å². The van der Waals surface area contributed by atoms with Gasteiger partial charge in [0.15, 0.2) is 0 Å². The minimum Gasteiger partial charge on any atom is -0.463 e. The second kappa shape index (κ2) is 40.1. The Kier molecular flexibility index (Phi) is 38.2. The summed E-state index contributed by atoms with van der Waals surface area (Å²) in [5.74, 6) is -0.551. The van der Waals surface area contributed by atoms with Crippen LogP contribution in [0.1, 0.15) is 162 Å². The Bertz CT molecular complexity index is 1110. The Morgan fingerprint density at radius 1 is 0.593 bits per heavy atom. The summed E-state index contributed by atoms with van der Waals surface area (Å²) in [5.41, 5.74) is 0. The summed E-state index contributed by atoms with van der Waals surface area (Å²) < 4.78 is 26.8. The van der Waals surface area contributed by atoms with Crippen molar-refractivity contribution in [1.29, 1.82) is 0 Å². The molecule has 0 saturated carbocycles. The normalized spacial score (nSPS) is 14.1. The molecule has 0 fully saturated rings. The highest BCUT2D eigenvalue weighted by atomic mass is 31.2. The minimum atomic E-state index is -4.43. The molecule has 0 spiro atoms. The molecule has 0 aromatic rings. The molecule has 3 N–H and O–H groups in total. The standard InChI is InChI=1S/C44H76NO8P/c1-3-5-7-9-11-13-15-17-18-19-20-21-22-23-24-25-26-28-30-32-34-36-43(47)45-38-39-52-54(49,50)53-41-42(46)40-51-44(48)37-35-33-31-29-27-16-14-12-10-8-6-4-2/h5,7,11-14,17-18,20-21,23-24,42,46H,3-4,6,8-10,15-16,19,22,25-41H2,1-2H3,(H,45,47)(H,49,50)/b7-5-,13-11-,14-12-,18-17-,21-20-,24-23-. The quantitative estimate of drug-likeness (QED) is 0.0244. The van der Waals surface area contributed by atoms with Crippen LogP contribution in [0.15, 0.2) is 72.9 Å². The Morgan fingerprint density at radius 2 is 1.06 bits per heavy atom. The Balaban J connectivity index is 3.67. The van der Waals surface area contributed by atoms with E-state index in [0.29, 0.717) is 6.42 Å². The number of phosphoric acid groups is 1. The number of aliphatic hydroxyl groups is 1. The zero-order valence-electron chi connectivity index (χ0n) is 33.9. The number of ether oxygens (including phenoxy) is 1. The van der Waals surface area contributed by atoms with Crippen molar-refractivity contribution in [2.24, 2.45) is 0 Å². The van der Waals surface area contributed by atoms with E-state index >= 15 is 0 Å². The number of hydrogen-bond acceptors (Lipinski definition) is 7. The van der Waals surface area contributed by atoms with Crippen LogP contribution < -0.4 is 5.32 Å². The van der Waals surface area contributed by atoms with E-state index in [1.165, 1.54) is 25.7 Å². The Hall–Kier alpha value is -2.55. The van der Waals surface area contributed by atoms with Crippen molar-refractivity contribution in [3.63, 3.8) is 0 Å². The number of rotatable bonds is 38. The van der Waals surface area contributed by atoms with E-state index in [1.807, 2.05) is 0 Å². The van der Waals surface area contributed by atoms with Gasteiger partial charge in [0.2, 0.25) is 5.91 Å². The highest BCUT2D eigenvalue weighted by Crippen LogP contribution is 2.42. The molecule has 0 aliphatic carbocycles. The maximum atomic E-state index is 12.1. The van der Waals surface area contributed by atoms with Gasteiger partial charge in [-0.2, -0.15) is 0 Å². The van der Waals surface area contributed by atoms with E-state index in [4.69, 9.17) is 13.8 Å². The molecular weight excluding hydrogens is 701 g/mol. The molecule has 0 aliphatic heterocycles.